The highest BCUT2D eigenvalue weighted by Crippen LogP contribution is 2.36. The maximum absolute atomic E-state index is 14.7. The molecule has 1 saturated heterocycles. The van der Waals surface area contributed by atoms with E-state index in [9.17, 15) is 18.8 Å². The number of pyridine rings is 1. The molecule has 31 heavy (non-hydrogen) atoms. The minimum atomic E-state index is -3.09. The Hall–Kier alpha value is -2.63. The van der Waals surface area contributed by atoms with Crippen LogP contribution in [0.25, 0.3) is 17.2 Å². The molecule has 0 bridgehead atoms. The van der Waals surface area contributed by atoms with Gasteiger partial charge < -0.3 is 4.74 Å². The fourth-order valence-corrected chi connectivity index (χ4v) is 3.93. The van der Waals surface area contributed by atoms with Gasteiger partial charge in [0.2, 0.25) is 0 Å². The van der Waals surface area contributed by atoms with Crippen molar-refractivity contribution in [2.45, 2.75) is 43.3 Å². The smallest absolute Gasteiger partial charge is 0.321 e. The fourth-order valence-electron chi connectivity index (χ4n) is 3.39. The van der Waals surface area contributed by atoms with Gasteiger partial charge in [0.25, 0.3) is 5.92 Å². The lowest BCUT2D eigenvalue weighted by Crippen LogP contribution is -2.45. The molecule has 1 aliphatic rings. The zero-order valence-electron chi connectivity index (χ0n) is 17.1. The van der Waals surface area contributed by atoms with E-state index < -0.39 is 41.3 Å². The molecule has 3 rings (SSSR count). The number of aromatic nitrogens is 1. The molecule has 0 radical (unpaired) electrons. The maximum Gasteiger partial charge on any atom is 0.321 e. The van der Waals surface area contributed by atoms with E-state index in [1.54, 1.807) is 43.5 Å². The summed E-state index contributed by atoms with van der Waals surface area (Å²) in [5.74, 6) is -4.88. The van der Waals surface area contributed by atoms with E-state index >= 15 is 0 Å². The third-order valence-electron chi connectivity index (χ3n) is 5.25. The molecular formula is C23H22BrF2N3O2. The number of carbonyl (C=O) groups is 1. The molecule has 162 valence electrons. The number of alkyl halides is 3. The van der Waals surface area contributed by atoms with Gasteiger partial charge in [0.15, 0.2) is 6.23 Å². The van der Waals surface area contributed by atoms with Crippen LogP contribution in [0, 0.1) is 17.2 Å². The topological polar surface area (TPSA) is 75.0 Å². The third kappa shape index (κ3) is 5.54. The van der Waals surface area contributed by atoms with Crippen molar-refractivity contribution in [3.63, 3.8) is 0 Å². The number of hydrogen-bond acceptors (Lipinski definition) is 5. The van der Waals surface area contributed by atoms with E-state index in [1.807, 2.05) is 18.2 Å². The second-order valence-corrected chi connectivity index (χ2v) is 8.59. The first kappa shape index (κ1) is 23.0. The van der Waals surface area contributed by atoms with Gasteiger partial charge in [-0.2, -0.15) is 5.26 Å². The maximum atomic E-state index is 14.7. The highest BCUT2D eigenvalue weighted by Gasteiger charge is 2.45. The van der Waals surface area contributed by atoms with Gasteiger partial charge in [0, 0.05) is 35.7 Å². The SMILES string of the molecule is C[C@@H]1N[C@@H](/C=C/c2ccc(-c3ccccc3C#N)cn2)[C@H](C)C(F)(F)C[C@@H](Br)C(=O)O1. The van der Waals surface area contributed by atoms with Crippen LogP contribution in [0.4, 0.5) is 8.78 Å². The standard InChI is InChI=1S/C23H22BrF2N3O2/c1-14-21(29-15(2)31-22(30)20(24)11-23(14,25)26)10-9-18-8-7-17(13-28-18)19-6-4-3-5-16(19)12-27/h3-10,13-15,20-21,29H,11H2,1-2H3/b10-9+/t14-,15+,20+,21-/m0/s1. The highest BCUT2D eigenvalue weighted by molar-refractivity contribution is 9.10. The molecule has 1 aliphatic heterocycles. The van der Waals surface area contributed by atoms with Crippen LogP contribution < -0.4 is 5.32 Å². The zero-order chi connectivity index (χ0) is 22.6. The van der Waals surface area contributed by atoms with Crippen LogP contribution in [0.2, 0.25) is 0 Å². The number of nitrogens with one attached hydrogen (secondary N) is 1. The van der Waals surface area contributed by atoms with Crippen molar-refractivity contribution >= 4 is 28.0 Å². The molecule has 8 heteroatoms. The predicted molar refractivity (Wildman–Crippen MR) is 117 cm³/mol. The first-order chi connectivity index (χ1) is 14.7. The molecule has 1 aromatic heterocycles. The fraction of sp³-hybridized carbons (Fsp3) is 0.348. The highest BCUT2D eigenvalue weighted by atomic mass is 79.9. The molecule has 1 N–H and O–H groups in total. The van der Waals surface area contributed by atoms with Crippen molar-refractivity contribution in [1.29, 1.82) is 5.26 Å². The van der Waals surface area contributed by atoms with Crippen LogP contribution in [0.5, 0.6) is 0 Å². The number of nitriles is 1. The lowest BCUT2D eigenvalue weighted by atomic mass is 9.91. The number of hydrogen-bond donors (Lipinski definition) is 1. The number of ether oxygens (including phenoxy) is 1. The first-order valence-electron chi connectivity index (χ1n) is 9.83. The molecule has 0 spiro atoms. The number of benzene rings is 1. The van der Waals surface area contributed by atoms with Gasteiger partial charge in [-0.05, 0) is 25.1 Å². The second-order valence-electron chi connectivity index (χ2n) is 7.48. The van der Waals surface area contributed by atoms with Crippen molar-refractivity contribution in [3.05, 3.63) is 59.9 Å². The Balaban J connectivity index is 1.82. The Morgan fingerprint density at radius 3 is 2.71 bits per heavy atom. The lowest BCUT2D eigenvalue weighted by Gasteiger charge is -2.30. The molecule has 2 heterocycles. The van der Waals surface area contributed by atoms with Gasteiger partial charge in [-0.1, -0.05) is 53.2 Å². The minimum absolute atomic E-state index is 0.548. The Labute approximate surface area is 188 Å². The zero-order valence-corrected chi connectivity index (χ0v) is 18.6. The van der Waals surface area contributed by atoms with Crippen LogP contribution in [0.15, 0.2) is 48.7 Å². The van der Waals surface area contributed by atoms with Crippen LogP contribution in [0.3, 0.4) is 0 Å². The Morgan fingerprint density at radius 1 is 1.29 bits per heavy atom. The summed E-state index contributed by atoms with van der Waals surface area (Å²) in [6.07, 6.45) is 3.54. The molecular weight excluding hydrogens is 468 g/mol. The lowest BCUT2D eigenvalue weighted by molar-refractivity contribution is -0.149. The molecule has 0 amide bonds. The summed E-state index contributed by atoms with van der Waals surface area (Å²) >= 11 is 3.01. The van der Waals surface area contributed by atoms with Crippen molar-refractivity contribution in [2.24, 2.45) is 5.92 Å². The predicted octanol–water partition coefficient (Wildman–Crippen LogP) is 4.92. The third-order valence-corrected chi connectivity index (χ3v) is 5.95. The monoisotopic (exact) mass is 489 g/mol. The molecule has 0 saturated carbocycles. The van der Waals surface area contributed by atoms with Crippen LogP contribution in [0.1, 0.15) is 31.5 Å². The summed E-state index contributed by atoms with van der Waals surface area (Å²) in [6.45, 7) is 3.05. The van der Waals surface area contributed by atoms with E-state index in [2.05, 4.69) is 32.3 Å². The summed E-state index contributed by atoms with van der Waals surface area (Å²) in [7, 11) is 0. The van der Waals surface area contributed by atoms with Gasteiger partial charge in [0.1, 0.15) is 4.83 Å². The van der Waals surface area contributed by atoms with E-state index in [0.717, 1.165) is 11.1 Å². The van der Waals surface area contributed by atoms with E-state index in [-0.39, 0.29) is 0 Å². The molecule has 0 aliphatic carbocycles. The van der Waals surface area contributed by atoms with Crippen molar-refractivity contribution < 1.29 is 18.3 Å². The average Bonchev–Trinajstić information content (AvgIpc) is 2.77. The van der Waals surface area contributed by atoms with Gasteiger partial charge in [0.05, 0.1) is 17.3 Å². The largest absolute Gasteiger partial charge is 0.446 e. The van der Waals surface area contributed by atoms with E-state index in [4.69, 9.17) is 4.74 Å². The number of nitrogens with zero attached hydrogens (tertiary/aromatic N) is 2. The molecule has 1 fully saturated rings. The molecule has 1 aromatic carbocycles. The Bertz CT molecular complexity index is 1000. The number of halogens is 3. The summed E-state index contributed by atoms with van der Waals surface area (Å²) in [5, 5.41) is 12.2. The van der Waals surface area contributed by atoms with Crippen molar-refractivity contribution in [2.75, 3.05) is 0 Å². The van der Waals surface area contributed by atoms with Gasteiger partial charge in [-0.15, -0.1) is 0 Å². The number of carbonyl (C=O) groups excluding carboxylic acids is 1. The summed E-state index contributed by atoms with van der Waals surface area (Å²) in [6, 6.07) is 12.2. The molecule has 5 nitrogen and oxygen atoms in total. The second kappa shape index (κ2) is 9.67. The molecule has 2 aromatic rings. The van der Waals surface area contributed by atoms with Crippen molar-refractivity contribution in [1.82, 2.24) is 10.3 Å². The normalized spacial score (nSPS) is 26.4. The van der Waals surface area contributed by atoms with Crippen LogP contribution >= 0.6 is 15.9 Å². The Kier molecular flexibility index (Phi) is 7.19. The summed E-state index contributed by atoms with van der Waals surface area (Å²) in [4.78, 5) is 15.2. The Morgan fingerprint density at radius 2 is 2.03 bits per heavy atom. The van der Waals surface area contributed by atoms with Gasteiger partial charge in [-0.3, -0.25) is 15.1 Å². The van der Waals surface area contributed by atoms with Crippen molar-refractivity contribution in [3.8, 4) is 17.2 Å². The van der Waals surface area contributed by atoms with E-state index in [1.165, 1.54) is 6.92 Å². The van der Waals surface area contributed by atoms with Crippen LogP contribution in [-0.4, -0.2) is 34.0 Å². The summed E-state index contributed by atoms with van der Waals surface area (Å²) < 4.78 is 34.6. The first-order valence-corrected chi connectivity index (χ1v) is 10.7. The quantitative estimate of drug-likeness (QED) is 0.489. The van der Waals surface area contributed by atoms with Gasteiger partial charge in [-0.25, -0.2) is 8.78 Å². The molecule has 4 atom stereocenters. The average molecular weight is 490 g/mol. The number of esters is 1. The van der Waals surface area contributed by atoms with Gasteiger partial charge >= 0.3 is 5.97 Å². The van der Waals surface area contributed by atoms with E-state index in [0.29, 0.717) is 11.3 Å². The number of cyclic esters (lactones) is 1. The summed E-state index contributed by atoms with van der Waals surface area (Å²) in [5.41, 5.74) is 2.70. The molecule has 0 unspecified atom stereocenters. The van der Waals surface area contributed by atoms with Crippen LogP contribution in [-0.2, 0) is 9.53 Å². The minimum Gasteiger partial charge on any atom is -0.446 e. The number of rotatable bonds is 3.